The largest absolute Gasteiger partial charge is 0.465 e. The van der Waals surface area contributed by atoms with E-state index in [0.29, 0.717) is 13.0 Å². The van der Waals surface area contributed by atoms with Crippen molar-refractivity contribution < 1.29 is 19.1 Å². The third-order valence-corrected chi connectivity index (χ3v) is 6.83. The summed E-state index contributed by atoms with van der Waals surface area (Å²) in [6.07, 6.45) is 2.47. The first-order valence-electron chi connectivity index (χ1n) is 10.0. The van der Waals surface area contributed by atoms with E-state index in [1.54, 1.807) is 12.1 Å². The normalized spacial score (nSPS) is 29.3. The molecule has 150 valence electrons. The lowest BCUT2D eigenvalue weighted by Crippen LogP contribution is -2.75. The van der Waals surface area contributed by atoms with E-state index in [-0.39, 0.29) is 28.7 Å². The maximum Gasteiger partial charge on any atom is 0.405 e. The second-order valence-corrected chi connectivity index (χ2v) is 8.91. The van der Waals surface area contributed by atoms with Gasteiger partial charge in [0.25, 0.3) is 0 Å². The van der Waals surface area contributed by atoms with Gasteiger partial charge >= 0.3 is 6.09 Å². The first-order chi connectivity index (χ1) is 13.9. The molecule has 0 aromatic heterocycles. The molecule has 3 saturated carbocycles. The highest BCUT2D eigenvalue weighted by molar-refractivity contribution is 5.79. The summed E-state index contributed by atoms with van der Waals surface area (Å²) in [5.41, 5.74) is 2.86. The summed E-state index contributed by atoms with van der Waals surface area (Å²) in [6.45, 7) is 0.631. The molecule has 0 saturated heterocycles. The Labute approximate surface area is 168 Å². The molecule has 6 rings (SSSR count). The summed E-state index contributed by atoms with van der Waals surface area (Å²) >= 11 is 0. The van der Waals surface area contributed by atoms with Gasteiger partial charge in [-0.15, -0.1) is 0 Å². The van der Waals surface area contributed by atoms with Gasteiger partial charge in [0.05, 0.1) is 6.04 Å². The Morgan fingerprint density at radius 1 is 1.10 bits per heavy atom. The van der Waals surface area contributed by atoms with Crippen LogP contribution in [0.4, 0.5) is 9.18 Å². The van der Waals surface area contributed by atoms with Crippen molar-refractivity contribution in [1.29, 1.82) is 0 Å². The Balaban J connectivity index is 1.38. The number of nitrogens with one attached hydrogen (secondary N) is 1. The molecular weight excluding hydrogens is 371 g/mol. The van der Waals surface area contributed by atoms with Crippen LogP contribution in [-0.2, 0) is 11.2 Å². The summed E-state index contributed by atoms with van der Waals surface area (Å²) in [6, 6.07) is 14.3. The minimum absolute atomic E-state index is 0.0656. The molecule has 5 nitrogen and oxygen atoms in total. The maximum atomic E-state index is 13.5. The topological polar surface area (TPSA) is 69.6 Å². The number of carbonyl (C=O) groups excluding carboxylic acids is 1. The summed E-state index contributed by atoms with van der Waals surface area (Å²) in [5, 5.41) is 11.6. The van der Waals surface area contributed by atoms with Crippen LogP contribution >= 0.6 is 0 Å². The van der Waals surface area contributed by atoms with Crippen LogP contribution < -0.4 is 5.32 Å². The van der Waals surface area contributed by atoms with Gasteiger partial charge in [0.1, 0.15) is 5.82 Å². The van der Waals surface area contributed by atoms with E-state index in [2.05, 4.69) is 17.4 Å². The number of benzene rings is 2. The van der Waals surface area contributed by atoms with Gasteiger partial charge in [-0.05, 0) is 59.9 Å². The zero-order chi connectivity index (χ0) is 20.2. The molecule has 2 aromatic rings. The van der Waals surface area contributed by atoms with Crippen LogP contribution in [0.25, 0.3) is 0 Å². The Hall–Kier alpha value is -2.89. The van der Waals surface area contributed by atoms with Crippen LogP contribution in [0.3, 0.4) is 0 Å². The van der Waals surface area contributed by atoms with Crippen molar-refractivity contribution in [3.05, 3.63) is 71.0 Å². The number of nitrogens with zero attached hydrogens (tertiary/aromatic N) is 1. The fraction of sp³-hybridized carbons (Fsp3) is 0.391. The molecule has 0 unspecified atom stereocenters. The van der Waals surface area contributed by atoms with E-state index in [1.165, 1.54) is 17.7 Å². The smallest absolute Gasteiger partial charge is 0.405 e. The predicted octanol–water partition coefficient (Wildman–Crippen LogP) is 3.88. The average Bonchev–Trinajstić information content (AvgIpc) is 2.65. The molecule has 3 fully saturated rings. The van der Waals surface area contributed by atoms with E-state index in [9.17, 15) is 14.0 Å². The summed E-state index contributed by atoms with van der Waals surface area (Å²) in [7, 11) is 0. The summed E-state index contributed by atoms with van der Waals surface area (Å²) < 4.78 is 13.5. The Morgan fingerprint density at radius 2 is 1.79 bits per heavy atom. The molecule has 29 heavy (non-hydrogen) atoms. The quantitative estimate of drug-likeness (QED) is 0.827. The van der Waals surface area contributed by atoms with Gasteiger partial charge in [-0.2, -0.15) is 0 Å². The van der Waals surface area contributed by atoms with Crippen molar-refractivity contribution in [3.8, 4) is 0 Å². The molecule has 0 spiro atoms. The number of hydrogen-bond donors (Lipinski definition) is 2. The molecule has 1 heterocycles. The van der Waals surface area contributed by atoms with E-state index in [1.807, 2.05) is 17.0 Å². The van der Waals surface area contributed by atoms with Crippen LogP contribution in [0.1, 0.15) is 48.4 Å². The fourth-order valence-corrected chi connectivity index (χ4v) is 5.81. The summed E-state index contributed by atoms with van der Waals surface area (Å²) in [5.74, 6) is -0.196. The number of carbonyl (C=O) groups is 2. The molecule has 3 aliphatic carbocycles. The van der Waals surface area contributed by atoms with Gasteiger partial charge in [-0.3, -0.25) is 4.79 Å². The van der Waals surface area contributed by atoms with Crippen LogP contribution in [-0.4, -0.2) is 34.1 Å². The Kier molecular flexibility index (Phi) is 3.95. The van der Waals surface area contributed by atoms with Crippen molar-refractivity contribution in [2.75, 3.05) is 6.54 Å². The lowest BCUT2D eigenvalue weighted by atomic mass is 9.38. The standard InChI is InChI=1S/C23H23FN2O3/c24-17-7-5-16(6-8-17)20-18-4-2-1-3-15(18)9-10-26(20)19(27)11-22-12-23(13-22,14-22)25-21(28)29/h1-8,20,25H,9-14H2,(H,28,29)/t20-,22?,23?/m0/s1. The van der Waals surface area contributed by atoms with Gasteiger partial charge in [0.2, 0.25) is 5.91 Å². The van der Waals surface area contributed by atoms with Gasteiger partial charge in [0.15, 0.2) is 0 Å². The molecular formula is C23H23FN2O3. The van der Waals surface area contributed by atoms with Crippen molar-refractivity contribution in [1.82, 2.24) is 10.2 Å². The number of rotatable bonds is 4. The first-order valence-corrected chi connectivity index (χ1v) is 10.0. The van der Waals surface area contributed by atoms with Gasteiger partial charge in [0, 0.05) is 18.5 Å². The average molecular weight is 394 g/mol. The molecule has 1 atom stereocenters. The third-order valence-electron chi connectivity index (χ3n) is 6.83. The van der Waals surface area contributed by atoms with Crippen molar-refractivity contribution >= 4 is 12.0 Å². The number of amides is 2. The van der Waals surface area contributed by atoms with Crippen LogP contribution in [0.15, 0.2) is 48.5 Å². The minimum Gasteiger partial charge on any atom is -0.465 e. The monoisotopic (exact) mass is 394 g/mol. The first kappa shape index (κ1) is 18.2. The van der Waals surface area contributed by atoms with Crippen LogP contribution in [0.2, 0.25) is 0 Å². The van der Waals surface area contributed by atoms with Gasteiger partial charge in [-0.1, -0.05) is 36.4 Å². The molecule has 2 bridgehead atoms. The predicted molar refractivity (Wildman–Crippen MR) is 105 cm³/mol. The fourth-order valence-electron chi connectivity index (χ4n) is 5.81. The summed E-state index contributed by atoms with van der Waals surface area (Å²) in [4.78, 5) is 26.2. The minimum atomic E-state index is -0.992. The lowest BCUT2D eigenvalue weighted by molar-refractivity contribution is -0.170. The zero-order valence-corrected chi connectivity index (χ0v) is 16.0. The number of halogens is 1. The molecule has 2 amide bonds. The molecule has 4 aliphatic rings. The van der Waals surface area contributed by atoms with Crippen molar-refractivity contribution in [2.24, 2.45) is 5.41 Å². The Bertz CT molecular complexity index is 968. The number of carboxylic acid groups (broad SMARTS) is 1. The van der Waals surface area contributed by atoms with E-state index < -0.39 is 6.09 Å². The lowest BCUT2D eigenvalue weighted by Gasteiger charge is -2.70. The highest BCUT2D eigenvalue weighted by atomic mass is 19.1. The molecule has 6 heteroatoms. The van der Waals surface area contributed by atoms with E-state index in [4.69, 9.17) is 5.11 Å². The highest BCUT2D eigenvalue weighted by Gasteiger charge is 2.69. The van der Waals surface area contributed by atoms with Gasteiger partial charge < -0.3 is 15.3 Å². The van der Waals surface area contributed by atoms with Crippen LogP contribution in [0, 0.1) is 11.2 Å². The number of hydrogen-bond acceptors (Lipinski definition) is 2. The molecule has 1 aliphatic heterocycles. The van der Waals surface area contributed by atoms with Crippen molar-refractivity contribution in [3.63, 3.8) is 0 Å². The zero-order valence-electron chi connectivity index (χ0n) is 16.0. The second-order valence-electron chi connectivity index (χ2n) is 8.91. The molecule has 0 radical (unpaired) electrons. The van der Waals surface area contributed by atoms with E-state index in [0.717, 1.165) is 36.8 Å². The number of fused-ring (bicyclic) bond motifs is 1. The maximum absolute atomic E-state index is 13.5. The second kappa shape index (κ2) is 6.31. The SMILES string of the molecule is O=C(O)NC12CC(CC(=O)N3CCc4ccccc4[C@@H]3c3ccc(F)cc3)(C1)C2. The van der Waals surface area contributed by atoms with E-state index >= 15 is 0 Å². The Morgan fingerprint density at radius 3 is 2.48 bits per heavy atom. The molecule has 2 aromatic carbocycles. The van der Waals surface area contributed by atoms with Crippen LogP contribution in [0.5, 0.6) is 0 Å². The van der Waals surface area contributed by atoms with Gasteiger partial charge in [-0.25, -0.2) is 9.18 Å². The molecule has 2 N–H and O–H groups in total. The van der Waals surface area contributed by atoms with Crippen molar-refractivity contribution in [2.45, 2.75) is 43.7 Å². The highest BCUT2D eigenvalue weighted by Crippen LogP contribution is 2.69. The third kappa shape index (κ3) is 2.98.